The van der Waals surface area contributed by atoms with E-state index >= 15 is 0 Å². The monoisotopic (exact) mass is 225 g/mol. The lowest BCUT2D eigenvalue weighted by Crippen LogP contribution is -2.29. The highest BCUT2D eigenvalue weighted by Gasteiger charge is 2.27. The quantitative estimate of drug-likeness (QED) is 0.408. The van der Waals surface area contributed by atoms with Crippen molar-refractivity contribution in [3.8, 4) is 6.07 Å². The van der Waals surface area contributed by atoms with Crippen LogP contribution in [0.3, 0.4) is 0 Å². The molecule has 0 rings (SSSR count). The highest BCUT2D eigenvalue weighted by atomic mass is 16.6. The lowest BCUT2D eigenvalue weighted by Gasteiger charge is -2.21. The molecular weight excluding hydrogens is 210 g/mol. The van der Waals surface area contributed by atoms with Gasteiger partial charge in [0.05, 0.1) is 18.8 Å². The summed E-state index contributed by atoms with van der Waals surface area (Å²) >= 11 is 0. The van der Waals surface area contributed by atoms with Crippen LogP contribution in [0.1, 0.15) is 20.8 Å². The predicted molar refractivity (Wildman–Crippen MR) is 56.1 cm³/mol. The third-order valence-corrected chi connectivity index (χ3v) is 1.85. The third-order valence-electron chi connectivity index (χ3n) is 1.85. The van der Waals surface area contributed by atoms with Gasteiger partial charge in [0, 0.05) is 13.0 Å². The minimum Gasteiger partial charge on any atom is -0.466 e. The minimum atomic E-state index is -0.760. The van der Waals surface area contributed by atoms with E-state index in [1.165, 1.54) is 14.0 Å². The maximum absolute atomic E-state index is 11.4. The molecule has 0 aliphatic heterocycles. The smallest absolute Gasteiger partial charge is 0.338 e. The first-order valence-corrected chi connectivity index (χ1v) is 4.79. The summed E-state index contributed by atoms with van der Waals surface area (Å²) in [6.07, 6.45) is 0.281. The number of nitriles is 1. The second-order valence-electron chi connectivity index (χ2n) is 3.49. The van der Waals surface area contributed by atoms with E-state index in [9.17, 15) is 9.59 Å². The van der Waals surface area contributed by atoms with Crippen LogP contribution >= 0.6 is 0 Å². The molecule has 0 aliphatic rings. The number of hydrogen-bond acceptors (Lipinski definition) is 5. The van der Waals surface area contributed by atoms with Crippen LogP contribution in [-0.4, -0.2) is 25.2 Å². The van der Waals surface area contributed by atoms with Crippen molar-refractivity contribution in [2.45, 2.75) is 26.9 Å². The van der Waals surface area contributed by atoms with Gasteiger partial charge in [-0.15, -0.1) is 0 Å². The van der Waals surface area contributed by atoms with E-state index in [4.69, 9.17) is 10.00 Å². The van der Waals surface area contributed by atoms with Gasteiger partial charge in [0.25, 0.3) is 0 Å². The Balaban J connectivity index is 5.13. The Morgan fingerprint density at radius 2 is 1.94 bits per heavy atom. The minimum absolute atomic E-state index is 0.0511. The number of carbonyl (C=O) groups is 2. The van der Waals surface area contributed by atoms with E-state index in [1.807, 2.05) is 0 Å². The van der Waals surface area contributed by atoms with Crippen LogP contribution in [0.25, 0.3) is 0 Å². The molecule has 0 saturated heterocycles. The Labute approximate surface area is 94.6 Å². The van der Waals surface area contributed by atoms with Crippen molar-refractivity contribution in [1.82, 2.24) is 0 Å². The summed E-state index contributed by atoms with van der Waals surface area (Å²) in [4.78, 5) is 22.3. The van der Waals surface area contributed by atoms with Gasteiger partial charge < -0.3 is 9.47 Å². The van der Waals surface area contributed by atoms with Crippen LogP contribution in [0.5, 0.6) is 0 Å². The zero-order chi connectivity index (χ0) is 12.7. The maximum atomic E-state index is 11.4. The molecular formula is C11H15NO4. The molecule has 88 valence electrons. The van der Waals surface area contributed by atoms with Gasteiger partial charge in [-0.3, -0.25) is 4.79 Å². The fourth-order valence-corrected chi connectivity index (χ4v) is 1.18. The van der Waals surface area contributed by atoms with Crippen molar-refractivity contribution in [3.05, 3.63) is 11.6 Å². The largest absolute Gasteiger partial charge is 0.466 e. The number of esters is 2. The van der Waals surface area contributed by atoms with Crippen molar-refractivity contribution >= 4 is 11.9 Å². The zero-order valence-corrected chi connectivity index (χ0v) is 9.81. The van der Waals surface area contributed by atoms with Crippen LogP contribution in [0.15, 0.2) is 11.6 Å². The van der Waals surface area contributed by atoms with Gasteiger partial charge in [0.15, 0.2) is 0 Å². The first kappa shape index (κ1) is 14.2. The van der Waals surface area contributed by atoms with E-state index in [1.54, 1.807) is 19.9 Å². The normalized spacial score (nSPS) is 12.9. The Hall–Kier alpha value is -1.83. The maximum Gasteiger partial charge on any atom is 0.338 e. The van der Waals surface area contributed by atoms with E-state index in [2.05, 4.69) is 4.74 Å². The van der Waals surface area contributed by atoms with E-state index < -0.39 is 18.0 Å². The first-order chi connectivity index (χ1) is 7.43. The standard InChI is InChI=1S/C11H15NO4/c1-7(2)10(16-8(3)13)9(5-6-12)11(14)15-4/h5,7,10H,1-4H3/b9-5-/t10-/m1/s1. The summed E-state index contributed by atoms with van der Waals surface area (Å²) in [6.45, 7) is 4.81. The lowest BCUT2D eigenvalue weighted by molar-refractivity contribution is -0.148. The van der Waals surface area contributed by atoms with Gasteiger partial charge in [0.1, 0.15) is 6.10 Å². The molecule has 0 aromatic rings. The third kappa shape index (κ3) is 4.13. The molecule has 0 saturated carbocycles. The van der Waals surface area contributed by atoms with Gasteiger partial charge in [-0.25, -0.2) is 4.79 Å². The van der Waals surface area contributed by atoms with Gasteiger partial charge in [-0.2, -0.15) is 5.26 Å². The summed E-state index contributed by atoms with van der Waals surface area (Å²) in [5.74, 6) is -1.30. The molecule has 0 amide bonds. The van der Waals surface area contributed by atoms with Crippen LogP contribution in [-0.2, 0) is 19.1 Å². The van der Waals surface area contributed by atoms with Crippen LogP contribution in [0.2, 0.25) is 0 Å². The van der Waals surface area contributed by atoms with Gasteiger partial charge in [0.2, 0.25) is 0 Å². The topological polar surface area (TPSA) is 76.4 Å². The second-order valence-corrected chi connectivity index (χ2v) is 3.49. The van der Waals surface area contributed by atoms with Crippen LogP contribution in [0.4, 0.5) is 0 Å². The summed E-state index contributed by atoms with van der Waals surface area (Å²) in [5, 5.41) is 8.57. The molecule has 0 bridgehead atoms. The molecule has 0 fully saturated rings. The number of methoxy groups -OCH3 is 1. The predicted octanol–water partition coefficient (Wildman–Crippen LogP) is 1.20. The Morgan fingerprint density at radius 1 is 1.38 bits per heavy atom. The number of carbonyl (C=O) groups excluding carboxylic acids is 2. The van der Waals surface area contributed by atoms with E-state index in [0.717, 1.165) is 6.08 Å². The Bertz CT molecular complexity index is 338. The number of rotatable bonds is 4. The van der Waals surface area contributed by atoms with Crippen molar-refractivity contribution in [2.24, 2.45) is 5.92 Å². The molecule has 0 aromatic heterocycles. The highest BCUT2D eigenvalue weighted by Crippen LogP contribution is 2.17. The fourth-order valence-electron chi connectivity index (χ4n) is 1.18. The molecule has 1 atom stereocenters. The molecule has 0 spiro atoms. The van der Waals surface area contributed by atoms with Gasteiger partial charge >= 0.3 is 11.9 Å². The average molecular weight is 225 g/mol. The van der Waals surface area contributed by atoms with Crippen molar-refractivity contribution in [1.29, 1.82) is 5.26 Å². The summed E-state index contributed by atoms with van der Waals surface area (Å²) < 4.78 is 9.52. The first-order valence-electron chi connectivity index (χ1n) is 4.79. The van der Waals surface area contributed by atoms with Gasteiger partial charge in [-0.1, -0.05) is 13.8 Å². The summed E-state index contributed by atoms with van der Waals surface area (Å²) in [7, 11) is 1.21. The fraction of sp³-hybridized carbons (Fsp3) is 0.545. The van der Waals surface area contributed by atoms with Crippen LogP contribution in [0, 0.1) is 17.2 Å². The number of allylic oxidation sites excluding steroid dienone is 1. The average Bonchev–Trinajstić information content (AvgIpc) is 2.21. The summed E-state index contributed by atoms with van der Waals surface area (Å²) in [6, 6.07) is 1.74. The van der Waals surface area contributed by atoms with Crippen molar-refractivity contribution in [2.75, 3.05) is 7.11 Å². The van der Waals surface area contributed by atoms with E-state index in [-0.39, 0.29) is 11.5 Å². The van der Waals surface area contributed by atoms with Crippen molar-refractivity contribution < 1.29 is 19.1 Å². The number of ether oxygens (including phenoxy) is 2. The molecule has 0 N–H and O–H groups in total. The second kappa shape index (κ2) is 6.62. The Kier molecular flexibility index (Phi) is 5.86. The molecule has 16 heavy (non-hydrogen) atoms. The molecule has 0 aromatic carbocycles. The molecule has 0 aliphatic carbocycles. The number of hydrogen-bond donors (Lipinski definition) is 0. The molecule has 0 heterocycles. The van der Waals surface area contributed by atoms with Crippen LogP contribution < -0.4 is 0 Å². The highest BCUT2D eigenvalue weighted by molar-refractivity contribution is 5.90. The zero-order valence-electron chi connectivity index (χ0n) is 9.81. The number of nitrogens with zero attached hydrogens (tertiary/aromatic N) is 1. The molecule has 5 nitrogen and oxygen atoms in total. The lowest BCUT2D eigenvalue weighted by atomic mass is 9.98. The molecule has 0 radical (unpaired) electrons. The summed E-state index contributed by atoms with van der Waals surface area (Å²) in [5.41, 5.74) is 0.0511. The SMILES string of the molecule is COC(=O)/C(=C\C#N)[C@H](OC(C)=O)C(C)C. The molecule has 5 heteroatoms. The van der Waals surface area contributed by atoms with E-state index in [0.29, 0.717) is 0 Å². The Morgan fingerprint density at radius 3 is 2.25 bits per heavy atom. The van der Waals surface area contributed by atoms with Crippen molar-refractivity contribution in [3.63, 3.8) is 0 Å². The van der Waals surface area contributed by atoms with Gasteiger partial charge in [-0.05, 0) is 5.92 Å². The molecule has 0 unspecified atom stereocenters.